The number of nitrogens with zero attached hydrogens (tertiary/aromatic N) is 3. The number of hydrogen-bond donors (Lipinski definition) is 1. The third-order valence-electron chi connectivity index (χ3n) is 8.33. The topological polar surface area (TPSA) is 139 Å². The summed E-state index contributed by atoms with van der Waals surface area (Å²) in [6.45, 7) is 1.37. The first kappa shape index (κ1) is 30.9. The van der Waals surface area contributed by atoms with Gasteiger partial charge in [-0.15, -0.1) is 0 Å². The number of piperidine rings is 1. The lowest BCUT2D eigenvalue weighted by Crippen LogP contribution is -2.55. The van der Waals surface area contributed by atoms with E-state index in [9.17, 15) is 29.3 Å². The number of amides is 3. The fraction of sp³-hybridized carbons (Fsp3) is 0.267. The summed E-state index contributed by atoms with van der Waals surface area (Å²) in [5, 5.41) is 14.9. The fourth-order valence-corrected chi connectivity index (χ4v) is 6.71. The maximum Gasteiger partial charge on any atom is 0.338 e. The third kappa shape index (κ3) is 5.03. The van der Waals surface area contributed by atoms with Crippen molar-refractivity contribution in [1.82, 2.24) is 4.90 Å². The third-order valence-corrected chi connectivity index (χ3v) is 8.86. The van der Waals surface area contributed by atoms with Crippen LogP contribution < -0.4 is 10.2 Å². The standard InChI is InChI=1S/C30H25Cl2FN4O7/c1-30(29(41)34-18-6-3-5-17(31)14-18)25(19-7-4-8-20(32)26(19)33)24-22(36(30)15-38)11-12-35(27(24)39)21-10-9-16(28(40)44-2)13-23(21)37(42)43/h3-10,13-15,22,24-25H,11-12H2,1-2H3,(H,34,41)/t22-,24+,25-,30+/m0/s1. The van der Waals surface area contributed by atoms with E-state index in [4.69, 9.17) is 23.2 Å². The number of ether oxygens (including phenoxy) is 1. The van der Waals surface area contributed by atoms with Crippen LogP contribution in [0.1, 0.15) is 35.2 Å². The molecule has 2 fully saturated rings. The van der Waals surface area contributed by atoms with E-state index in [-0.39, 0.29) is 34.8 Å². The minimum Gasteiger partial charge on any atom is -0.465 e. The molecule has 2 saturated heterocycles. The first-order chi connectivity index (χ1) is 20.9. The van der Waals surface area contributed by atoms with E-state index in [2.05, 4.69) is 10.1 Å². The first-order valence-electron chi connectivity index (χ1n) is 13.4. The number of nitrogens with one attached hydrogen (secondary N) is 1. The second kappa shape index (κ2) is 11.9. The molecule has 0 spiro atoms. The van der Waals surface area contributed by atoms with Gasteiger partial charge < -0.3 is 19.9 Å². The number of nitro groups is 1. The number of esters is 1. The Labute approximate surface area is 260 Å². The first-order valence-corrected chi connectivity index (χ1v) is 14.1. The fourth-order valence-electron chi connectivity index (χ4n) is 6.34. The van der Waals surface area contributed by atoms with E-state index in [0.29, 0.717) is 17.1 Å². The van der Waals surface area contributed by atoms with Crippen molar-refractivity contribution in [1.29, 1.82) is 0 Å². The largest absolute Gasteiger partial charge is 0.465 e. The average Bonchev–Trinajstić information content (AvgIpc) is 3.27. The van der Waals surface area contributed by atoms with Gasteiger partial charge in [0.15, 0.2) is 0 Å². The summed E-state index contributed by atoms with van der Waals surface area (Å²) in [5.41, 5.74) is -2.32. The molecule has 4 atom stereocenters. The predicted octanol–water partition coefficient (Wildman–Crippen LogP) is 5.20. The summed E-state index contributed by atoms with van der Waals surface area (Å²) in [4.78, 5) is 66.9. The molecule has 11 nitrogen and oxygen atoms in total. The van der Waals surface area contributed by atoms with Gasteiger partial charge in [0.1, 0.15) is 17.0 Å². The molecule has 3 amide bonds. The molecule has 3 aromatic rings. The molecule has 0 aliphatic carbocycles. The number of nitro benzene ring substituents is 1. The Morgan fingerprint density at radius 2 is 1.89 bits per heavy atom. The van der Waals surface area contributed by atoms with E-state index in [1.54, 1.807) is 18.2 Å². The van der Waals surface area contributed by atoms with Crippen LogP contribution in [-0.2, 0) is 19.1 Å². The number of fused-ring (bicyclic) bond motifs is 1. The Morgan fingerprint density at radius 1 is 1.16 bits per heavy atom. The van der Waals surface area contributed by atoms with Crippen molar-refractivity contribution >= 4 is 64.5 Å². The van der Waals surface area contributed by atoms with E-state index in [1.165, 1.54) is 53.1 Å². The van der Waals surface area contributed by atoms with Gasteiger partial charge in [-0.25, -0.2) is 9.18 Å². The lowest BCUT2D eigenvalue weighted by atomic mass is 9.72. The van der Waals surface area contributed by atoms with E-state index in [0.717, 1.165) is 13.2 Å². The molecule has 2 aliphatic heterocycles. The lowest BCUT2D eigenvalue weighted by Gasteiger charge is -2.38. The van der Waals surface area contributed by atoms with Gasteiger partial charge in [0.25, 0.3) is 11.6 Å². The van der Waals surface area contributed by atoms with Crippen molar-refractivity contribution < 1.29 is 33.2 Å². The highest BCUT2D eigenvalue weighted by Gasteiger charge is 2.65. The summed E-state index contributed by atoms with van der Waals surface area (Å²) < 4.78 is 20.4. The quantitative estimate of drug-likeness (QED) is 0.162. The number of anilines is 2. The Kier molecular flexibility index (Phi) is 8.32. The van der Waals surface area contributed by atoms with E-state index in [1.807, 2.05) is 0 Å². The monoisotopic (exact) mass is 642 g/mol. The molecule has 0 unspecified atom stereocenters. The number of methoxy groups -OCH3 is 1. The number of carbonyl (C=O) groups is 4. The predicted molar refractivity (Wildman–Crippen MR) is 159 cm³/mol. The number of benzene rings is 3. The molecule has 228 valence electrons. The molecule has 0 aromatic heterocycles. The van der Waals surface area contributed by atoms with Gasteiger partial charge in [-0.1, -0.05) is 41.4 Å². The van der Waals surface area contributed by atoms with Crippen molar-refractivity contribution in [2.24, 2.45) is 5.92 Å². The molecule has 2 heterocycles. The second-order valence-electron chi connectivity index (χ2n) is 10.6. The maximum atomic E-state index is 15.8. The molecule has 0 saturated carbocycles. The number of halogens is 3. The second-order valence-corrected chi connectivity index (χ2v) is 11.4. The van der Waals surface area contributed by atoms with Gasteiger partial charge in [-0.2, -0.15) is 0 Å². The molecule has 44 heavy (non-hydrogen) atoms. The summed E-state index contributed by atoms with van der Waals surface area (Å²) in [5.74, 6) is -5.54. The number of hydrogen-bond acceptors (Lipinski definition) is 7. The smallest absolute Gasteiger partial charge is 0.338 e. The van der Waals surface area contributed by atoms with Crippen molar-refractivity contribution in [2.75, 3.05) is 23.9 Å². The highest BCUT2D eigenvalue weighted by atomic mass is 35.5. The zero-order valence-corrected chi connectivity index (χ0v) is 24.8. The highest BCUT2D eigenvalue weighted by molar-refractivity contribution is 6.31. The van der Waals surface area contributed by atoms with Crippen LogP contribution in [0.2, 0.25) is 10.0 Å². The SMILES string of the molecule is COC(=O)c1ccc(N2CC[C@H]3[C@@H](C2=O)[C@H](c2cccc(Cl)c2F)[C@](C)(C(=O)Nc2cccc(Cl)c2)N3C=O)c([N+](=O)[O-])c1. The maximum absolute atomic E-state index is 15.8. The molecule has 0 radical (unpaired) electrons. The number of rotatable bonds is 7. The van der Waals surface area contributed by atoms with Crippen LogP contribution in [0.5, 0.6) is 0 Å². The zero-order chi connectivity index (χ0) is 31.9. The van der Waals surface area contributed by atoms with Crippen LogP contribution in [0, 0.1) is 21.8 Å². The Balaban J connectivity index is 1.65. The minimum absolute atomic E-state index is 0.0699. The normalized spacial score (nSPS) is 22.8. The summed E-state index contributed by atoms with van der Waals surface area (Å²) >= 11 is 12.2. The van der Waals surface area contributed by atoms with Crippen molar-refractivity contribution in [3.05, 3.63) is 97.8 Å². The van der Waals surface area contributed by atoms with Gasteiger partial charge in [0.2, 0.25) is 12.3 Å². The molecular formula is C30H25Cl2FN4O7. The van der Waals surface area contributed by atoms with E-state index < -0.39 is 57.6 Å². The van der Waals surface area contributed by atoms with E-state index >= 15 is 4.39 Å². The van der Waals surface area contributed by atoms with Crippen molar-refractivity contribution in [3.63, 3.8) is 0 Å². The van der Waals surface area contributed by atoms with Crippen LogP contribution >= 0.6 is 23.2 Å². The van der Waals surface area contributed by atoms with Crippen molar-refractivity contribution in [3.8, 4) is 0 Å². The average molecular weight is 643 g/mol. The molecule has 1 N–H and O–H groups in total. The molecule has 3 aromatic carbocycles. The van der Waals surface area contributed by atoms with Crippen LogP contribution in [0.4, 0.5) is 21.5 Å². The molecule has 2 aliphatic rings. The Bertz CT molecular complexity index is 1710. The van der Waals surface area contributed by atoms with Gasteiger partial charge >= 0.3 is 5.97 Å². The van der Waals surface area contributed by atoms with Crippen molar-refractivity contribution in [2.45, 2.75) is 30.8 Å². The number of likely N-dealkylation sites (tertiary alicyclic amines) is 1. The van der Waals surface area contributed by atoms with Gasteiger partial charge in [0, 0.05) is 35.3 Å². The van der Waals surface area contributed by atoms with Gasteiger partial charge in [-0.05, 0) is 55.3 Å². The van der Waals surface area contributed by atoms with Crippen LogP contribution in [-0.4, -0.2) is 59.3 Å². The molecule has 0 bridgehead atoms. The summed E-state index contributed by atoms with van der Waals surface area (Å²) in [6, 6.07) is 13.1. The molecular weight excluding hydrogens is 618 g/mol. The van der Waals surface area contributed by atoms with Crippen LogP contribution in [0.25, 0.3) is 0 Å². The Hall–Kier alpha value is -4.55. The van der Waals surface area contributed by atoms with Gasteiger partial charge in [-0.3, -0.25) is 24.5 Å². The minimum atomic E-state index is -1.82. The summed E-state index contributed by atoms with van der Waals surface area (Å²) in [6.07, 6.45) is 0.554. The molecule has 14 heteroatoms. The highest BCUT2D eigenvalue weighted by Crippen LogP contribution is 2.54. The van der Waals surface area contributed by atoms with Gasteiger partial charge in [0.05, 0.1) is 28.5 Å². The van der Waals surface area contributed by atoms with Crippen LogP contribution in [0.15, 0.2) is 60.7 Å². The molecule has 5 rings (SSSR count). The Morgan fingerprint density at radius 3 is 2.55 bits per heavy atom. The number of carbonyl (C=O) groups excluding carboxylic acids is 4. The van der Waals surface area contributed by atoms with Crippen LogP contribution in [0.3, 0.4) is 0 Å². The lowest BCUT2D eigenvalue weighted by molar-refractivity contribution is -0.384. The zero-order valence-electron chi connectivity index (χ0n) is 23.3. The summed E-state index contributed by atoms with van der Waals surface area (Å²) in [7, 11) is 1.13.